The van der Waals surface area contributed by atoms with Crippen molar-refractivity contribution in [3.63, 3.8) is 0 Å². The van der Waals surface area contributed by atoms with Gasteiger partial charge in [0.25, 0.3) is 0 Å². The van der Waals surface area contributed by atoms with Crippen LogP contribution >= 0.6 is 0 Å². The molecule has 1 aliphatic rings. The molecule has 1 aliphatic carbocycles. The molecule has 1 heterocycles. The molecule has 2 rings (SSSR count). The summed E-state index contributed by atoms with van der Waals surface area (Å²) in [6, 6.07) is 2.18. The fourth-order valence-electron chi connectivity index (χ4n) is 2.12. The Morgan fingerprint density at radius 1 is 1.44 bits per heavy atom. The van der Waals surface area contributed by atoms with Crippen molar-refractivity contribution in [1.29, 1.82) is 5.26 Å². The van der Waals surface area contributed by atoms with Crippen molar-refractivity contribution in [3.8, 4) is 6.07 Å². The fraction of sp³-hybridized carbons (Fsp3) is 0.769. The van der Waals surface area contributed by atoms with Gasteiger partial charge < -0.3 is 4.90 Å². The van der Waals surface area contributed by atoms with E-state index in [9.17, 15) is 0 Å². The Morgan fingerprint density at radius 3 is 2.83 bits per heavy atom. The minimum Gasteiger partial charge on any atom is -0.309 e. The zero-order valence-corrected chi connectivity index (χ0v) is 11.3. The van der Waals surface area contributed by atoms with Gasteiger partial charge in [-0.1, -0.05) is 5.21 Å². The lowest BCUT2D eigenvalue weighted by atomic mass is 10.1. The monoisotopic (exact) mass is 247 g/mol. The molecule has 0 N–H and O–H groups in total. The Morgan fingerprint density at radius 2 is 2.22 bits per heavy atom. The average Bonchev–Trinajstić information content (AvgIpc) is 3.06. The van der Waals surface area contributed by atoms with Crippen LogP contribution in [0.5, 0.6) is 0 Å². The van der Waals surface area contributed by atoms with Gasteiger partial charge in [-0.25, -0.2) is 4.68 Å². The molecular weight excluding hydrogens is 226 g/mol. The van der Waals surface area contributed by atoms with E-state index in [0.29, 0.717) is 6.42 Å². The highest BCUT2D eigenvalue weighted by Gasteiger charge is 2.25. The number of hydrogen-bond acceptors (Lipinski definition) is 4. The van der Waals surface area contributed by atoms with Gasteiger partial charge in [-0.2, -0.15) is 5.26 Å². The zero-order chi connectivity index (χ0) is 13.0. The lowest BCUT2D eigenvalue weighted by molar-refractivity contribution is 0.376. The minimum absolute atomic E-state index is 0.385. The van der Waals surface area contributed by atoms with Gasteiger partial charge in [0, 0.05) is 6.54 Å². The summed E-state index contributed by atoms with van der Waals surface area (Å²) in [6.45, 7) is 1.95. The van der Waals surface area contributed by atoms with Crippen LogP contribution in [0.2, 0.25) is 0 Å². The summed E-state index contributed by atoms with van der Waals surface area (Å²) in [5, 5.41) is 17.2. The van der Waals surface area contributed by atoms with E-state index >= 15 is 0 Å². The van der Waals surface area contributed by atoms with Crippen LogP contribution in [0.25, 0.3) is 0 Å². The molecule has 1 fully saturated rings. The van der Waals surface area contributed by atoms with Crippen LogP contribution in [-0.4, -0.2) is 40.5 Å². The molecule has 0 radical (unpaired) electrons. The molecule has 18 heavy (non-hydrogen) atoms. The SMILES string of the molecule is CN(C)CCCn1nnc(CC#N)c1CC1CC1. The Labute approximate surface area is 108 Å². The molecular formula is C13H21N5. The number of nitriles is 1. The summed E-state index contributed by atoms with van der Waals surface area (Å²) in [6.07, 6.45) is 5.13. The quantitative estimate of drug-likeness (QED) is 0.727. The van der Waals surface area contributed by atoms with Crippen molar-refractivity contribution < 1.29 is 0 Å². The van der Waals surface area contributed by atoms with Crippen LogP contribution < -0.4 is 0 Å². The molecule has 0 saturated heterocycles. The van der Waals surface area contributed by atoms with Gasteiger partial charge in [-0.15, -0.1) is 5.10 Å². The minimum atomic E-state index is 0.385. The van der Waals surface area contributed by atoms with E-state index in [-0.39, 0.29) is 0 Å². The van der Waals surface area contributed by atoms with E-state index in [1.54, 1.807) is 0 Å². The predicted octanol–water partition coefficient (Wildman–Crippen LogP) is 1.25. The maximum atomic E-state index is 8.82. The van der Waals surface area contributed by atoms with Gasteiger partial charge >= 0.3 is 0 Å². The lowest BCUT2D eigenvalue weighted by Gasteiger charge is -2.10. The molecule has 0 amide bonds. The number of aromatic nitrogens is 3. The fourth-order valence-corrected chi connectivity index (χ4v) is 2.12. The Balaban J connectivity index is 2.00. The van der Waals surface area contributed by atoms with Crippen molar-refractivity contribution >= 4 is 0 Å². The first-order valence-electron chi connectivity index (χ1n) is 6.63. The molecule has 0 aromatic carbocycles. The van der Waals surface area contributed by atoms with Crippen molar-refractivity contribution in [2.45, 2.75) is 38.6 Å². The topological polar surface area (TPSA) is 57.7 Å². The van der Waals surface area contributed by atoms with Crippen LogP contribution in [0.15, 0.2) is 0 Å². The predicted molar refractivity (Wildman–Crippen MR) is 68.9 cm³/mol. The molecule has 0 spiro atoms. The molecule has 1 aromatic heterocycles. The molecule has 98 valence electrons. The Kier molecular flexibility index (Phi) is 4.32. The second-order valence-electron chi connectivity index (χ2n) is 5.35. The molecule has 0 bridgehead atoms. The lowest BCUT2D eigenvalue weighted by Crippen LogP contribution is -2.16. The Hall–Kier alpha value is -1.41. The largest absolute Gasteiger partial charge is 0.309 e. The number of hydrogen-bond donors (Lipinski definition) is 0. The van der Waals surface area contributed by atoms with Crippen LogP contribution in [0.4, 0.5) is 0 Å². The molecule has 5 nitrogen and oxygen atoms in total. The van der Waals surface area contributed by atoms with Crippen molar-refractivity contribution in [2.75, 3.05) is 20.6 Å². The summed E-state index contributed by atoms with van der Waals surface area (Å²) >= 11 is 0. The van der Waals surface area contributed by atoms with Gasteiger partial charge in [-0.05, 0) is 52.2 Å². The van der Waals surface area contributed by atoms with Gasteiger partial charge in [0.2, 0.25) is 0 Å². The van der Waals surface area contributed by atoms with E-state index in [4.69, 9.17) is 5.26 Å². The third kappa shape index (κ3) is 3.54. The van der Waals surface area contributed by atoms with Gasteiger partial charge in [0.05, 0.1) is 23.9 Å². The van der Waals surface area contributed by atoms with Crippen LogP contribution in [0, 0.1) is 17.2 Å². The zero-order valence-electron chi connectivity index (χ0n) is 11.3. The highest BCUT2D eigenvalue weighted by Crippen LogP contribution is 2.33. The highest BCUT2D eigenvalue weighted by atomic mass is 15.4. The number of nitrogens with zero attached hydrogens (tertiary/aromatic N) is 5. The number of rotatable bonds is 7. The molecule has 0 aliphatic heterocycles. The summed E-state index contributed by atoms with van der Waals surface area (Å²) in [5.41, 5.74) is 2.08. The molecule has 5 heteroatoms. The van der Waals surface area contributed by atoms with Gasteiger partial charge in [0.15, 0.2) is 0 Å². The van der Waals surface area contributed by atoms with E-state index in [1.165, 1.54) is 18.5 Å². The van der Waals surface area contributed by atoms with Crippen molar-refractivity contribution in [1.82, 2.24) is 19.9 Å². The third-order valence-corrected chi connectivity index (χ3v) is 3.32. The summed E-state index contributed by atoms with van der Waals surface area (Å²) in [7, 11) is 4.15. The summed E-state index contributed by atoms with van der Waals surface area (Å²) < 4.78 is 2.01. The molecule has 1 aromatic rings. The summed E-state index contributed by atoms with van der Waals surface area (Å²) in [4.78, 5) is 2.17. The maximum absolute atomic E-state index is 8.82. The standard InChI is InChI=1S/C13H21N5/c1-17(2)8-3-9-18-13(10-11-4-5-11)12(6-7-14)15-16-18/h11H,3-6,8-10H2,1-2H3. The molecule has 0 atom stereocenters. The van der Waals surface area contributed by atoms with E-state index in [1.807, 2.05) is 4.68 Å². The number of aryl methyl sites for hydroxylation is 1. The third-order valence-electron chi connectivity index (χ3n) is 3.32. The smallest absolute Gasteiger partial charge is 0.0999 e. The van der Waals surface area contributed by atoms with Crippen LogP contribution in [0.1, 0.15) is 30.7 Å². The van der Waals surface area contributed by atoms with E-state index in [2.05, 4.69) is 35.4 Å². The maximum Gasteiger partial charge on any atom is 0.0999 e. The average molecular weight is 247 g/mol. The van der Waals surface area contributed by atoms with Crippen LogP contribution in [0.3, 0.4) is 0 Å². The van der Waals surface area contributed by atoms with E-state index in [0.717, 1.165) is 37.5 Å². The van der Waals surface area contributed by atoms with E-state index < -0.39 is 0 Å². The van der Waals surface area contributed by atoms with Crippen molar-refractivity contribution in [2.24, 2.45) is 5.92 Å². The second kappa shape index (κ2) is 5.96. The van der Waals surface area contributed by atoms with Gasteiger partial charge in [0.1, 0.15) is 0 Å². The Bertz CT molecular complexity index is 425. The van der Waals surface area contributed by atoms with Crippen LogP contribution in [-0.2, 0) is 19.4 Å². The first-order valence-corrected chi connectivity index (χ1v) is 6.63. The molecule has 0 unspecified atom stereocenters. The summed E-state index contributed by atoms with van der Waals surface area (Å²) in [5.74, 6) is 0.800. The first-order chi connectivity index (χ1) is 8.70. The van der Waals surface area contributed by atoms with Gasteiger partial charge in [-0.3, -0.25) is 0 Å². The normalized spacial score (nSPS) is 15.0. The first kappa shape index (κ1) is 13.0. The van der Waals surface area contributed by atoms with Crippen molar-refractivity contribution in [3.05, 3.63) is 11.4 Å². The highest BCUT2D eigenvalue weighted by molar-refractivity contribution is 5.16. The molecule has 1 saturated carbocycles. The second-order valence-corrected chi connectivity index (χ2v) is 5.35.